The number of hydrogen-bond acceptors (Lipinski definition) is 6. The predicted molar refractivity (Wildman–Crippen MR) is 102 cm³/mol. The third-order valence-electron chi connectivity index (χ3n) is 4.60. The highest BCUT2D eigenvalue weighted by Crippen LogP contribution is 2.26. The molecule has 28 heavy (non-hydrogen) atoms. The summed E-state index contributed by atoms with van der Waals surface area (Å²) in [5.41, 5.74) is 1.34. The third-order valence-corrected chi connectivity index (χ3v) is 4.83. The lowest BCUT2D eigenvalue weighted by molar-refractivity contribution is -0.128. The van der Waals surface area contributed by atoms with Crippen molar-refractivity contribution in [3.8, 4) is 11.9 Å². The largest absolute Gasteiger partial charge is 0.472 e. The molecule has 0 radical (unpaired) electrons. The van der Waals surface area contributed by atoms with Crippen LogP contribution >= 0.6 is 11.6 Å². The molecule has 1 aromatic carbocycles. The lowest BCUT2D eigenvalue weighted by Crippen LogP contribution is -2.49. The highest BCUT2D eigenvalue weighted by Gasteiger charge is 2.23. The van der Waals surface area contributed by atoms with Gasteiger partial charge < -0.3 is 14.5 Å². The molecule has 1 aliphatic rings. The number of nitriles is 1. The van der Waals surface area contributed by atoms with Gasteiger partial charge in [0.2, 0.25) is 11.8 Å². The van der Waals surface area contributed by atoms with Crippen molar-refractivity contribution in [2.45, 2.75) is 13.5 Å². The summed E-state index contributed by atoms with van der Waals surface area (Å²) in [6.07, 6.45) is 1.41. The lowest BCUT2D eigenvalue weighted by Gasteiger charge is -2.35. The van der Waals surface area contributed by atoms with Crippen molar-refractivity contribution in [2.24, 2.45) is 0 Å². The number of amides is 1. The van der Waals surface area contributed by atoms with Gasteiger partial charge in [0.1, 0.15) is 30.4 Å². The Morgan fingerprint density at radius 1 is 1.32 bits per heavy atom. The summed E-state index contributed by atoms with van der Waals surface area (Å²) in [7, 11) is 0. The van der Waals surface area contributed by atoms with Crippen LogP contribution < -0.4 is 9.64 Å². The molecule has 1 saturated heterocycles. The van der Waals surface area contributed by atoms with Gasteiger partial charge in [-0.05, 0) is 19.1 Å². The standard InChI is InChI=1S/C19H19ClFN5O2/c1-13-18(26-6-4-25(5-7-26)17(27)9-20)23-12-24-19(13)28-11-15-3-2-14(10-22)8-16(15)21/h2-3,8,12H,4-7,9,11H2,1H3. The molecule has 146 valence electrons. The highest BCUT2D eigenvalue weighted by atomic mass is 35.5. The Balaban J connectivity index is 1.68. The summed E-state index contributed by atoms with van der Waals surface area (Å²) in [6, 6.07) is 6.15. The molecule has 1 aromatic heterocycles. The van der Waals surface area contributed by atoms with Crippen LogP contribution in [0.4, 0.5) is 10.2 Å². The van der Waals surface area contributed by atoms with E-state index in [-0.39, 0.29) is 24.0 Å². The maximum Gasteiger partial charge on any atom is 0.237 e. The number of benzene rings is 1. The van der Waals surface area contributed by atoms with Gasteiger partial charge in [0.15, 0.2) is 0 Å². The van der Waals surface area contributed by atoms with Gasteiger partial charge in [-0.15, -0.1) is 11.6 Å². The second-order valence-electron chi connectivity index (χ2n) is 6.34. The second kappa shape index (κ2) is 8.85. The molecule has 3 rings (SSSR count). The average Bonchev–Trinajstić information content (AvgIpc) is 2.73. The molecular formula is C19H19ClFN5O2. The number of ether oxygens (including phenoxy) is 1. The van der Waals surface area contributed by atoms with E-state index >= 15 is 0 Å². The number of rotatable bonds is 5. The normalized spacial score (nSPS) is 13.9. The summed E-state index contributed by atoms with van der Waals surface area (Å²) >= 11 is 5.61. The van der Waals surface area contributed by atoms with Gasteiger partial charge in [0, 0.05) is 31.7 Å². The van der Waals surface area contributed by atoms with Gasteiger partial charge in [-0.2, -0.15) is 5.26 Å². The molecule has 9 heteroatoms. The molecule has 0 atom stereocenters. The van der Waals surface area contributed by atoms with E-state index in [0.29, 0.717) is 37.6 Å². The van der Waals surface area contributed by atoms with Crippen LogP contribution in [0.1, 0.15) is 16.7 Å². The van der Waals surface area contributed by atoms with Crippen LogP contribution in [0.5, 0.6) is 5.88 Å². The summed E-state index contributed by atoms with van der Waals surface area (Å²) < 4.78 is 19.7. The Morgan fingerprint density at radius 2 is 2.07 bits per heavy atom. The van der Waals surface area contributed by atoms with Gasteiger partial charge in [-0.3, -0.25) is 4.79 Å². The maximum atomic E-state index is 14.0. The first-order chi connectivity index (χ1) is 13.5. The van der Waals surface area contributed by atoms with Crippen LogP contribution in [0, 0.1) is 24.1 Å². The number of piperazine rings is 1. The van der Waals surface area contributed by atoms with E-state index < -0.39 is 5.82 Å². The van der Waals surface area contributed by atoms with Crippen LogP contribution in [0.2, 0.25) is 0 Å². The van der Waals surface area contributed by atoms with Gasteiger partial charge in [0.05, 0.1) is 17.2 Å². The highest BCUT2D eigenvalue weighted by molar-refractivity contribution is 6.27. The van der Waals surface area contributed by atoms with Gasteiger partial charge in [0.25, 0.3) is 0 Å². The minimum absolute atomic E-state index is 0.00711. The van der Waals surface area contributed by atoms with E-state index in [4.69, 9.17) is 21.6 Å². The van der Waals surface area contributed by atoms with Crippen LogP contribution in [0.15, 0.2) is 24.5 Å². The molecular weight excluding hydrogens is 385 g/mol. The van der Waals surface area contributed by atoms with E-state index in [9.17, 15) is 9.18 Å². The molecule has 0 spiro atoms. The summed E-state index contributed by atoms with van der Waals surface area (Å²) in [5, 5.41) is 8.81. The van der Waals surface area contributed by atoms with Crippen LogP contribution in [-0.2, 0) is 11.4 Å². The summed E-state index contributed by atoms with van der Waals surface area (Å²) in [5.74, 6) is 0.507. The number of alkyl halides is 1. The Hall–Kier alpha value is -2.92. The van der Waals surface area contributed by atoms with Crippen molar-refractivity contribution >= 4 is 23.3 Å². The third kappa shape index (κ3) is 4.31. The van der Waals surface area contributed by atoms with Crippen molar-refractivity contribution in [3.05, 3.63) is 47.0 Å². The first kappa shape index (κ1) is 19.8. The number of carbonyl (C=O) groups is 1. The SMILES string of the molecule is Cc1c(OCc2ccc(C#N)cc2F)ncnc1N1CCN(C(=O)CCl)CC1. The Morgan fingerprint density at radius 3 is 2.71 bits per heavy atom. The zero-order valence-electron chi connectivity index (χ0n) is 15.4. The zero-order chi connectivity index (χ0) is 20.1. The first-order valence-corrected chi connectivity index (χ1v) is 9.28. The Bertz CT molecular complexity index is 910. The summed E-state index contributed by atoms with van der Waals surface area (Å²) in [4.78, 5) is 24.0. The van der Waals surface area contributed by atoms with E-state index in [1.54, 1.807) is 11.0 Å². The predicted octanol–water partition coefficient (Wildman–Crippen LogP) is 2.26. The van der Waals surface area contributed by atoms with Gasteiger partial charge in [-0.1, -0.05) is 6.07 Å². The minimum atomic E-state index is -0.494. The molecule has 1 fully saturated rings. The molecule has 0 N–H and O–H groups in total. The molecule has 0 unspecified atom stereocenters. The molecule has 1 amide bonds. The van der Waals surface area contributed by atoms with E-state index in [0.717, 1.165) is 11.4 Å². The maximum absolute atomic E-state index is 14.0. The van der Waals surface area contributed by atoms with E-state index in [2.05, 4.69) is 14.9 Å². The smallest absolute Gasteiger partial charge is 0.237 e. The molecule has 7 nitrogen and oxygen atoms in total. The molecule has 2 heterocycles. The topological polar surface area (TPSA) is 82.3 Å². The van der Waals surface area contributed by atoms with Crippen LogP contribution in [-0.4, -0.2) is 52.8 Å². The van der Waals surface area contributed by atoms with E-state index in [1.165, 1.54) is 18.5 Å². The number of carbonyl (C=O) groups excluding carboxylic acids is 1. The molecule has 0 bridgehead atoms. The number of aromatic nitrogens is 2. The fourth-order valence-electron chi connectivity index (χ4n) is 3.02. The van der Waals surface area contributed by atoms with Crippen molar-refractivity contribution in [3.63, 3.8) is 0 Å². The van der Waals surface area contributed by atoms with Crippen molar-refractivity contribution < 1.29 is 13.9 Å². The van der Waals surface area contributed by atoms with Crippen molar-refractivity contribution in [2.75, 3.05) is 37.0 Å². The zero-order valence-corrected chi connectivity index (χ0v) is 16.1. The molecule has 0 aliphatic carbocycles. The fourth-order valence-corrected chi connectivity index (χ4v) is 3.19. The van der Waals surface area contributed by atoms with Crippen LogP contribution in [0.3, 0.4) is 0 Å². The van der Waals surface area contributed by atoms with Gasteiger partial charge in [-0.25, -0.2) is 14.4 Å². The lowest BCUT2D eigenvalue weighted by atomic mass is 10.1. The summed E-state index contributed by atoms with van der Waals surface area (Å²) in [6.45, 7) is 4.24. The fraction of sp³-hybridized carbons (Fsp3) is 0.368. The van der Waals surface area contributed by atoms with Crippen molar-refractivity contribution in [1.82, 2.24) is 14.9 Å². The Labute approximate surface area is 167 Å². The Kier molecular flexibility index (Phi) is 6.26. The minimum Gasteiger partial charge on any atom is -0.472 e. The van der Waals surface area contributed by atoms with Gasteiger partial charge >= 0.3 is 0 Å². The van der Waals surface area contributed by atoms with Crippen molar-refractivity contribution in [1.29, 1.82) is 5.26 Å². The number of halogens is 2. The second-order valence-corrected chi connectivity index (χ2v) is 6.60. The average molecular weight is 404 g/mol. The molecule has 0 saturated carbocycles. The van der Waals surface area contributed by atoms with Crippen LogP contribution in [0.25, 0.3) is 0 Å². The molecule has 1 aliphatic heterocycles. The monoisotopic (exact) mass is 403 g/mol. The quantitative estimate of drug-likeness (QED) is 0.712. The first-order valence-electron chi connectivity index (χ1n) is 8.75. The number of nitrogens with zero attached hydrogens (tertiary/aromatic N) is 5. The van der Waals surface area contributed by atoms with E-state index in [1.807, 2.05) is 13.0 Å². The number of anilines is 1. The molecule has 2 aromatic rings. The number of hydrogen-bond donors (Lipinski definition) is 0.